The van der Waals surface area contributed by atoms with E-state index in [9.17, 15) is 9.90 Å². The number of methoxy groups -OCH3 is 2. The molecule has 0 aliphatic carbocycles. The van der Waals surface area contributed by atoms with Crippen LogP contribution in [-0.4, -0.2) is 35.1 Å². The summed E-state index contributed by atoms with van der Waals surface area (Å²) in [5.41, 5.74) is 1.12. The number of aliphatic hydroxyl groups is 1. The number of aryl methyl sites for hydroxylation is 2. The number of rotatable bonds is 4. The van der Waals surface area contributed by atoms with Gasteiger partial charge in [0.15, 0.2) is 0 Å². The van der Waals surface area contributed by atoms with Gasteiger partial charge in [-0.2, -0.15) is 5.10 Å². The molecule has 0 bridgehead atoms. The first kappa shape index (κ1) is 14.1. The van der Waals surface area contributed by atoms with Crippen molar-refractivity contribution >= 4 is 5.97 Å². The van der Waals surface area contributed by atoms with Crippen LogP contribution in [0.2, 0.25) is 0 Å². The molecular formula is C13H16N2O5. The van der Waals surface area contributed by atoms with Crippen molar-refractivity contribution in [3.8, 4) is 5.88 Å². The Kier molecular flexibility index (Phi) is 3.80. The van der Waals surface area contributed by atoms with Crippen LogP contribution in [0.15, 0.2) is 16.5 Å². The number of esters is 1. The predicted octanol–water partition coefficient (Wildman–Crippen LogP) is 1.20. The lowest BCUT2D eigenvalue weighted by Gasteiger charge is -2.09. The highest BCUT2D eigenvalue weighted by atomic mass is 16.5. The maximum absolute atomic E-state index is 11.3. The second-order valence-electron chi connectivity index (χ2n) is 4.23. The Morgan fingerprint density at radius 3 is 2.75 bits per heavy atom. The van der Waals surface area contributed by atoms with Gasteiger partial charge in [0.25, 0.3) is 0 Å². The van der Waals surface area contributed by atoms with Gasteiger partial charge in [-0.15, -0.1) is 0 Å². The van der Waals surface area contributed by atoms with Gasteiger partial charge < -0.3 is 19.0 Å². The molecule has 1 atom stereocenters. The van der Waals surface area contributed by atoms with Gasteiger partial charge in [-0.1, -0.05) is 0 Å². The largest absolute Gasteiger partial charge is 0.481 e. The van der Waals surface area contributed by atoms with E-state index in [0.29, 0.717) is 17.1 Å². The first-order chi connectivity index (χ1) is 9.49. The predicted molar refractivity (Wildman–Crippen MR) is 68.6 cm³/mol. The fourth-order valence-corrected chi connectivity index (χ4v) is 2.06. The molecule has 0 radical (unpaired) electrons. The second-order valence-corrected chi connectivity index (χ2v) is 4.23. The highest BCUT2D eigenvalue weighted by Gasteiger charge is 2.26. The second kappa shape index (κ2) is 5.38. The van der Waals surface area contributed by atoms with Crippen molar-refractivity contribution in [1.29, 1.82) is 0 Å². The van der Waals surface area contributed by atoms with Gasteiger partial charge in [0, 0.05) is 7.05 Å². The summed E-state index contributed by atoms with van der Waals surface area (Å²) in [5, 5.41) is 14.6. The topological polar surface area (TPSA) is 86.7 Å². The van der Waals surface area contributed by atoms with E-state index < -0.39 is 12.1 Å². The molecule has 0 fully saturated rings. The van der Waals surface area contributed by atoms with E-state index in [-0.39, 0.29) is 11.5 Å². The van der Waals surface area contributed by atoms with Crippen LogP contribution in [0.5, 0.6) is 5.88 Å². The maximum Gasteiger partial charge on any atom is 0.373 e. The molecule has 0 aliphatic rings. The molecule has 0 saturated carbocycles. The van der Waals surface area contributed by atoms with E-state index >= 15 is 0 Å². The molecule has 2 heterocycles. The van der Waals surface area contributed by atoms with Crippen molar-refractivity contribution in [2.45, 2.75) is 13.0 Å². The van der Waals surface area contributed by atoms with Crippen molar-refractivity contribution in [3.63, 3.8) is 0 Å². The van der Waals surface area contributed by atoms with Crippen LogP contribution in [0.25, 0.3) is 0 Å². The van der Waals surface area contributed by atoms with Crippen LogP contribution in [0.3, 0.4) is 0 Å². The molecular weight excluding hydrogens is 264 g/mol. The minimum atomic E-state index is -1.07. The van der Waals surface area contributed by atoms with E-state index in [2.05, 4.69) is 9.84 Å². The molecule has 0 spiro atoms. The standard InChI is InChI=1S/C13H16N2O5/c1-7-10(12(18-3)15(2)14-7)11(16)8-5-6-9(20-8)13(17)19-4/h5-6,11,16H,1-4H3. The molecule has 1 unspecified atom stereocenters. The summed E-state index contributed by atoms with van der Waals surface area (Å²) >= 11 is 0. The van der Waals surface area contributed by atoms with Crippen LogP contribution in [0.1, 0.15) is 33.7 Å². The Morgan fingerprint density at radius 2 is 2.15 bits per heavy atom. The molecule has 7 heteroatoms. The minimum absolute atomic E-state index is 0.0297. The summed E-state index contributed by atoms with van der Waals surface area (Å²) in [6, 6.07) is 2.96. The number of hydrogen-bond donors (Lipinski definition) is 1. The van der Waals surface area contributed by atoms with Crippen LogP contribution in [0, 0.1) is 6.92 Å². The fraction of sp³-hybridized carbons (Fsp3) is 0.385. The summed E-state index contributed by atoms with van der Waals surface area (Å²) in [4.78, 5) is 11.3. The average Bonchev–Trinajstić information content (AvgIpc) is 3.01. The third kappa shape index (κ3) is 2.27. The number of aliphatic hydroxyl groups excluding tert-OH is 1. The van der Waals surface area contributed by atoms with Crippen LogP contribution >= 0.6 is 0 Å². The summed E-state index contributed by atoms with van der Waals surface area (Å²) < 4.78 is 16.6. The molecule has 0 aromatic carbocycles. The fourth-order valence-electron chi connectivity index (χ4n) is 2.06. The van der Waals surface area contributed by atoms with E-state index in [1.807, 2.05) is 0 Å². The van der Waals surface area contributed by atoms with Crippen LogP contribution in [0.4, 0.5) is 0 Å². The zero-order valence-electron chi connectivity index (χ0n) is 11.7. The SMILES string of the molecule is COC(=O)c1ccc(C(O)c2c(C)nn(C)c2OC)o1. The summed E-state index contributed by atoms with van der Waals surface area (Å²) in [5.74, 6) is 0.0891. The molecule has 2 aromatic rings. The minimum Gasteiger partial charge on any atom is -0.481 e. The lowest BCUT2D eigenvalue weighted by Crippen LogP contribution is -2.03. The van der Waals surface area contributed by atoms with Gasteiger partial charge >= 0.3 is 5.97 Å². The Bertz CT molecular complexity index is 629. The first-order valence-corrected chi connectivity index (χ1v) is 5.93. The van der Waals surface area contributed by atoms with Gasteiger partial charge in [-0.25, -0.2) is 9.48 Å². The molecule has 0 amide bonds. The van der Waals surface area contributed by atoms with Gasteiger partial charge in [-0.3, -0.25) is 0 Å². The Morgan fingerprint density at radius 1 is 1.45 bits per heavy atom. The number of carbonyl (C=O) groups is 1. The lowest BCUT2D eigenvalue weighted by molar-refractivity contribution is 0.0558. The number of furan rings is 1. The average molecular weight is 280 g/mol. The summed E-state index contributed by atoms with van der Waals surface area (Å²) in [7, 11) is 4.47. The molecule has 0 aliphatic heterocycles. The molecule has 2 rings (SSSR count). The lowest BCUT2D eigenvalue weighted by atomic mass is 10.1. The molecule has 2 aromatic heterocycles. The van der Waals surface area contributed by atoms with E-state index in [0.717, 1.165) is 0 Å². The summed E-state index contributed by atoms with van der Waals surface area (Å²) in [6.45, 7) is 1.76. The quantitative estimate of drug-likeness (QED) is 0.847. The van der Waals surface area contributed by atoms with Gasteiger partial charge in [0.1, 0.15) is 11.9 Å². The molecule has 108 valence electrons. The highest BCUT2D eigenvalue weighted by molar-refractivity contribution is 5.86. The van der Waals surface area contributed by atoms with Gasteiger partial charge in [0.2, 0.25) is 11.6 Å². The monoisotopic (exact) mass is 280 g/mol. The van der Waals surface area contributed by atoms with Crippen molar-refractivity contribution in [1.82, 2.24) is 9.78 Å². The van der Waals surface area contributed by atoms with Gasteiger partial charge in [0.05, 0.1) is 25.5 Å². The van der Waals surface area contributed by atoms with E-state index in [1.165, 1.54) is 31.0 Å². The molecule has 20 heavy (non-hydrogen) atoms. The number of carbonyl (C=O) groups excluding carboxylic acids is 1. The normalized spacial score (nSPS) is 12.2. The van der Waals surface area contributed by atoms with Gasteiger partial charge in [-0.05, 0) is 19.1 Å². The highest BCUT2D eigenvalue weighted by Crippen LogP contribution is 2.33. The molecule has 1 N–H and O–H groups in total. The molecule has 0 saturated heterocycles. The number of aromatic nitrogens is 2. The Hall–Kier alpha value is -2.28. The third-order valence-corrected chi connectivity index (χ3v) is 2.96. The number of ether oxygens (including phenoxy) is 2. The third-order valence-electron chi connectivity index (χ3n) is 2.96. The van der Waals surface area contributed by atoms with E-state index in [4.69, 9.17) is 9.15 Å². The van der Waals surface area contributed by atoms with Crippen molar-refractivity contribution in [2.75, 3.05) is 14.2 Å². The Balaban J connectivity index is 2.39. The number of hydrogen-bond acceptors (Lipinski definition) is 6. The maximum atomic E-state index is 11.3. The van der Waals surface area contributed by atoms with Crippen molar-refractivity contribution < 1.29 is 23.8 Å². The van der Waals surface area contributed by atoms with Crippen LogP contribution < -0.4 is 4.74 Å². The van der Waals surface area contributed by atoms with Crippen molar-refractivity contribution in [2.24, 2.45) is 7.05 Å². The number of nitrogens with zero attached hydrogens (tertiary/aromatic N) is 2. The summed E-state index contributed by atoms with van der Waals surface area (Å²) in [6.07, 6.45) is -1.07. The zero-order chi connectivity index (χ0) is 14.9. The smallest absolute Gasteiger partial charge is 0.373 e. The van der Waals surface area contributed by atoms with E-state index in [1.54, 1.807) is 14.0 Å². The van der Waals surface area contributed by atoms with Crippen molar-refractivity contribution in [3.05, 3.63) is 34.9 Å². The Labute approximate surface area is 115 Å². The molecule has 7 nitrogen and oxygen atoms in total. The first-order valence-electron chi connectivity index (χ1n) is 5.93. The zero-order valence-corrected chi connectivity index (χ0v) is 11.7. The van der Waals surface area contributed by atoms with Crippen LogP contribution in [-0.2, 0) is 11.8 Å².